The molecule has 2 aromatic rings. The summed E-state index contributed by atoms with van der Waals surface area (Å²) in [6, 6.07) is 0. The van der Waals surface area contributed by atoms with Crippen LogP contribution >= 0.6 is 0 Å². The number of nitrogens with zero attached hydrogens (tertiary/aromatic N) is 4. The Morgan fingerprint density at radius 1 is 1.44 bits per heavy atom. The molecule has 18 heavy (non-hydrogen) atoms. The lowest BCUT2D eigenvalue weighted by molar-refractivity contribution is -0.227. The fourth-order valence-electron chi connectivity index (χ4n) is 2.27. The van der Waals surface area contributed by atoms with Crippen molar-refractivity contribution >= 4 is 17.0 Å². The number of aliphatic hydroxyl groups is 1. The van der Waals surface area contributed by atoms with Crippen LogP contribution in [-0.4, -0.2) is 44.4 Å². The van der Waals surface area contributed by atoms with E-state index in [1.807, 2.05) is 11.5 Å². The number of aliphatic hydroxyl groups excluding tert-OH is 1. The standard InChI is InChI=1S/C11H15N5O2/c1-6-7(3-17)18-11(6)16-5-15-8-9(12-2)13-4-14-10(8)16/h4-7,11,17H,3H2,1-2H3,(H,12,13,14)/t6-,7-,11-/m1/s1. The van der Waals surface area contributed by atoms with Gasteiger partial charge in [0, 0.05) is 13.0 Å². The summed E-state index contributed by atoms with van der Waals surface area (Å²) in [6.45, 7) is 2.09. The molecule has 1 aliphatic rings. The minimum atomic E-state index is -0.119. The summed E-state index contributed by atoms with van der Waals surface area (Å²) < 4.78 is 7.50. The van der Waals surface area contributed by atoms with Crippen LogP contribution < -0.4 is 5.32 Å². The van der Waals surface area contributed by atoms with Gasteiger partial charge in [-0.3, -0.25) is 4.57 Å². The van der Waals surface area contributed by atoms with Crippen molar-refractivity contribution in [2.75, 3.05) is 19.0 Å². The maximum Gasteiger partial charge on any atom is 0.167 e. The first-order chi connectivity index (χ1) is 8.76. The summed E-state index contributed by atoms with van der Waals surface area (Å²) in [4.78, 5) is 12.7. The lowest BCUT2D eigenvalue weighted by Crippen LogP contribution is -2.45. The van der Waals surface area contributed by atoms with E-state index in [9.17, 15) is 0 Å². The highest BCUT2D eigenvalue weighted by Crippen LogP contribution is 2.38. The van der Waals surface area contributed by atoms with Crippen LogP contribution in [0, 0.1) is 5.92 Å². The molecule has 1 aliphatic heterocycles. The van der Waals surface area contributed by atoms with Gasteiger partial charge in [0.05, 0.1) is 19.0 Å². The minimum Gasteiger partial charge on any atom is -0.394 e. The van der Waals surface area contributed by atoms with Crippen molar-refractivity contribution in [3.63, 3.8) is 0 Å². The topological polar surface area (TPSA) is 85.1 Å². The first kappa shape index (κ1) is 11.4. The molecule has 1 fully saturated rings. The number of aromatic nitrogens is 4. The Balaban J connectivity index is 1.99. The largest absolute Gasteiger partial charge is 0.394 e. The molecule has 0 aromatic carbocycles. The van der Waals surface area contributed by atoms with Gasteiger partial charge in [-0.2, -0.15) is 0 Å². The summed E-state index contributed by atoms with van der Waals surface area (Å²) in [5, 5.41) is 12.1. The second-order valence-electron chi connectivity index (χ2n) is 4.40. The van der Waals surface area contributed by atoms with Crippen molar-refractivity contribution in [3.05, 3.63) is 12.7 Å². The predicted octanol–water partition coefficient (Wildman–Crippen LogP) is 0.394. The number of nitrogens with one attached hydrogen (secondary N) is 1. The second kappa shape index (κ2) is 4.18. The third-order valence-electron chi connectivity index (χ3n) is 3.40. The van der Waals surface area contributed by atoms with Gasteiger partial charge < -0.3 is 15.2 Å². The highest BCUT2D eigenvalue weighted by Gasteiger charge is 2.40. The van der Waals surface area contributed by atoms with Gasteiger partial charge in [0.2, 0.25) is 0 Å². The molecule has 7 heteroatoms. The first-order valence-electron chi connectivity index (χ1n) is 5.88. The molecule has 0 radical (unpaired) electrons. The van der Waals surface area contributed by atoms with Gasteiger partial charge in [0.25, 0.3) is 0 Å². The van der Waals surface area contributed by atoms with E-state index >= 15 is 0 Å². The molecule has 96 valence electrons. The molecule has 3 heterocycles. The zero-order valence-electron chi connectivity index (χ0n) is 10.2. The van der Waals surface area contributed by atoms with Crippen LogP contribution in [0.2, 0.25) is 0 Å². The van der Waals surface area contributed by atoms with Crippen molar-refractivity contribution in [1.29, 1.82) is 0 Å². The van der Waals surface area contributed by atoms with Gasteiger partial charge in [-0.15, -0.1) is 0 Å². The van der Waals surface area contributed by atoms with E-state index in [4.69, 9.17) is 9.84 Å². The summed E-state index contributed by atoms with van der Waals surface area (Å²) in [5.41, 5.74) is 1.46. The monoisotopic (exact) mass is 249 g/mol. The summed E-state index contributed by atoms with van der Waals surface area (Å²) in [6.07, 6.45) is 2.98. The molecule has 0 unspecified atom stereocenters. The Hall–Kier alpha value is -1.73. The van der Waals surface area contributed by atoms with E-state index in [2.05, 4.69) is 20.3 Å². The fourth-order valence-corrected chi connectivity index (χ4v) is 2.27. The molecule has 3 atom stereocenters. The van der Waals surface area contributed by atoms with E-state index < -0.39 is 0 Å². The van der Waals surface area contributed by atoms with Crippen molar-refractivity contribution < 1.29 is 9.84 Å². The van der Waals surface area contributed by atoms with Crippen LogP contribution in [0.25, 0.3) is 11.2 Å². The van der Waals surface area contributed by atoms with E-state index in [1.54, 1.807) is 13.4 Å². The maximum absolute atomic E-state index is 9.08. The molecule has 0 saturated carbocycles. The number of hydrogen-bond donors (Lipinski definition) is 2. The van der Waals surface area contributed by atoms with Gasteiger partial charge in [-0.05, 0) is 0 Å². The fraction of sp³-hybridized carbons (Fsp3) is 0.545. The minimum absolute atomic E-state index is 0.0427. The van der Waals surface area contributed by atoms with Crippen molar-refractivity contribution in [2.45, 2.75) is 19.3 Å². The Labute approximate surface area is 104 Å². The molecule has 0 bridgehead atoms. The average molecular weight is 249 g/mol. The normalized spacial score (nSPS) is 27.2. The van der Waals surface area contributed by atoms with Crippen LogP contribution in [0.3, 0.4) is 0 Å². The zero-order valence-corrected chi connectivity index (χ0v) is 10.2. The molecule has 7 nitrogen and oxygen atoms in total. The third kappa shape index (κ3) is 1.48. The molecular weight excluding hydrogens is 234 g/mol. The van der Waals surface area contributed by atoms with E-state index in [1.165, 1.54) is 6.33 Å². The summed E-state index contributed by atoms with van der Waals surface area (Å²) in [7, 11) is 1.80. The number of fused-ring (bicyclic) bond motifs is 1. The van der Waals surface area contributed by atoms with Crippen LogP contribution in [-0.2, 0) is 4.74 Å². The van der Waals surface area contributed by atoms with Gasteiger partial charge in [0.1, 0.15) is 18.1 Å². The molecule has 1 saturated heterocycles. The zero-order chi connectivity index (χ0) is 12.7. The molecule has 0 spiro atoms. The highest BCUT2D eigenvalue weighted by molar-refractivity contribution is 5.82. The predicted molar refractivity (Wildman–Crippen MR) is 65.0 cm³/mol. The second-order valence-corrected chi connectivity index (χ2v) is 4.40. The van der Waals surface area contributed by atoms with Gasteiger partial charge >= 0.3 is 0 Å². The SMILES string of the molecule is CNc1ncnc2c1ncn2[C@@H]1O[C@H](CO)[C@H]1C. The summed E-state index contributed by atoms with van der Waals surface area (Å²) in [5.74, 6) is 0.935. The van der Waals surface area contributed by atoms with Crippen LogP contribution in [0.5, 0.6) is 0 Å². The van der Waals surface area contributed by atoms with E-state index in [0.29, 0.717) is 5.82 Å². The Kier molecular flexibility index (Phi) is 2.64. The Bertz CT molecular complexity index is 570. The number of hydrogen-bond acceptors (Lipinski definition) is 6. The lowest BCUT2D eigenvalue weighted by atomic mass is 9.97. The molecule has 3 rings (SSSR count). The van der Waals surface area contributed by atoms with Crippen LogP contribution in [0.1, 0.15) is 13.2 Å². The lowest BCUT2D eigenvalue weighted by Gasteiger charge is -2.42. The Morgan fingerprint density at radius 2 is 2.28 bits per heavy atom. The number of rotatable bonds is 3. The Morgan fingerprint density at radius 3 is 2.94 bits per heavy atom. The highest BCUT2D eigenvalue weighted by atomic mass is 16.5. The summed E-state index contributed by atoms with van der Waals surface area (Å²) >= 11 is 0. The van der Waals surface area contributed by atoms with Gasteiger partial charge in [-0.25, -0.2) is 15.0 Å². The van der Waals surface area contributed by atoms with Crippen molar-refractivity contribution in [1.82, 2.24) is 19.5 Å². The molecular formula is C11H15N5O2. The van der Waals surface area contributed by atoms with Gasteiger partial charge in [-0.1, -0.05) is 6.92 Å². The first-order valence-corrected chi connectivity index (χ1v) is 5.88. The number of ether oxygens (including phenoxy) is 1. The smallest absolute Gasteiger partial charge is 0.167 e. The molecule has 0 amide bonds. The third-order valence-corrected chi connectivity index (χ3v) is 3.40. The maximum atomic E-state index is 9.08. The van der Waals surface area contributed by atoms with Crippen LogP contribution in [0.4, 0.5) is 5.82 Å². The molecule has 2 N–H and O–H groups in total. The number of imidazole rings is 1. The molecule has 2 aromatic heterocycles. The van der Waals surface area contributed by atoms with Gasteiger partial charge in [0.15, 0.2) is 11.5 Å². The van der Waals surface area contributed by atoms with E-state index in [0.717, 1.165) is 11.2 Å². The van der Waals surface area contributed by atoms with Crippen LogP contribution in [0.15, 0.2) is 12.7 Å². The van der Waals surface area contributed by atoms with E-state index in [-0.39, 0.29) is 24.9 Å². The quantitative estimate of drug-likeness (QED) is 0.818. The van der Waals surface area contributed by atoms with Crippen molar-refractivity contribution in [2.24, 2.45) is 5.92 Å². The number of anilines is 1. The average Bonchev–Trinajstić information content (AvgIpc) is 2.81. The molecule has 0 aliphatic carbocycles. The van der Waals surface area contributed by atoms with Crippen molar-refractivity contribution in [3.8, 4) is 0 Å².